The number of halogens is 1. The quantitative estimate of drug-likeness (QED) is 0.702. The van der Waals surface area contributed by atoms with Crippen LogP contribution in [0.25, 0.3) is 0 Å². The lowest BCUT2D eigenvalue weighted by molar-refractivity contribution is -0.113. The van der Waals surface area contributed by atoms with E-state index in [0.717, 1.165) is 0 Å². The maximum absolute atomic E-state index is 10.3. The van der Waals surface area contributed by atoms with Crippen molar-refractivity contribution in [2.75, 3.05) is 6.61 Å². The Hall–Kier alpha value is -1.02. The van der Waals surface area contributed by atoms with Gasteiger partial charge in [0.05, 0.1) is 0 Å². The minimum Gasteiger partial charge on any atom is -0.484 e. The maximum atomic E-state index is 10.3. The van der Waals surface area contributed by atoms with Gasteiger partial charge in [-0.3, -0.25) is 4.79 Å². The molecule has 0 aliphatic rings. The molecule has 72 valence electrons. The first-order chi connectivity index (χ1) is 6.29. The highest BCUT2D eigenvalue weighted by Crippen LogP contribution is 2.07. The summed E-state index contributed by atoms with van der Waals surface area (Å²) in [5.41, 5.74) is 0. The van der Waals surface area contributed by atoms with Gasteiger partial charge in [-0.05, 0) is 23.7 Å². The number of hydrogen-bond acceptors (Lipinski definition) is 2. The van der Waals surface area contributed by atoms with Gasteiger partial charge in [0.25, 0.3) is 5.24 Å². The molecular formula is C10H13ClO2. The summed E-state index contributed by atoms with van der Waals surface area (Å²) in [7, 11) is 0. The smallest absolute Gasteiger partial charge is 0.259 e. The summed E-state index contributed by atoms with van der Waals surface area (Å²) in [6.07, 6.45) is 0. The van der Waals surface area contributed by atoms with E-state index in [1.807, 2.05) is 32.0 Å². The number of hydrogen-bond donors (Lipinski definition) is 0. The third-order valence-corrected chi connectivity index (χ3v) is 1.20. The molecular weight excluding hydrogens is 188 g/mol. The Bertz CT molecular complexity index is 234. The number of para-hydroxylation sites is 1. The largest absolute Gasteiger partial charge is 0.484 e. The molecule has 0 heterocycles. The second-order valence-electron chi connectivity index (χ2n) is 1.96. The molecule has 0 aromatic heterocycles. The minimum absolute atomic E-state index is 0.0778. The van der Waals surface area contributed by atoms with Gasteiger partial charge in [0, 0.05) is 0 Å². The van der Waals surface area contributed by atoms with Crippen molar-refractivity contribution in [3.63, 3.8) is 0 Å². The Morgan fingerprint density at radius 2 is 1.85 bits per heavy atom. The highest BCUT2D eigenvalue weighted by molar-refractivity contribution is 6.63. The first-order valence-electron chi connectivity index (χ1n) is 4.15. The van der Waals surface area contributed by atoms with E-state index in [4.69, 9.17) is 16.3 Å². The lowest BCUT2D eigenvalue weighted by Gasteiger charge is -2.00. The Labute approximate surface area is 83.5 Å². The average Bonchev–Trinajstić information content (AvgIpc) is 2.19. The van der Waals surface area contributed by atoms with E-state index >= 15 is 0 Å². The van der Waals surface area contributed by atoms with Crippen LogP contribution < -0.4 is 4.74 Å². The van der Waals surface area contributed by atoms with Crippen LogP contribution in [-0.4, -0.2) is 11.8 Å². The summed E-state index contributed by atoms with van der Waals surface area (Å²) in [5, 5.41) is -0.492. The van der Waals surface area contributed by atoms with E-state index in [1.54, 1.807) is 12.1 Å². The standard InChI is InChI=1S/C8H7ClO2.C2H6/c9-8(10)6-11-7-4-2-1-3-5-7;1-2/h1-5H,6H2;1-2H3. The molecule has 0 atom stereocenters. The van der Waals surface area contributed by atoms with Crippen molar-refractivity contribution >= 4 is 16.8 Å². The van der Waals surface area contributed by atoms with E-state index in [1.165, 1.54) is 0 Å². The van der Waals surface area contributed by atoms with E-state index in [2.05, 4.69) is 0 Å². The topological polar surface area (TPSA) is 26.3 Å². The lowest BCUT2D eigenvalue weighted by Crippen LogP contribution is -2.03. The molecule has 0 aliphatic heterocycles. The summed E-state index contributed by atoms with van der Waals surface area (Å²) < 4.78 is 4.99. The molecule has 0 radical (unpaired) electrons. The fourth-order valence-corrected chi connectivity index (χ4v) is 0.711. The summed E-state index contributed by atoms with van der Waals surface area (Å²) in [5.74, 6) is 0.654. The second kappa shape index (κ2) is 7.62. The molecule has 0 amide bonds. The third kappa shape index (κ3) is 6.17. The van der Waals surface area contributed by atoms with Crippen molar-refractivity contribution in [2.45, 2.75) is 13.8 Å². The van der Waals surface area contributed by atoms with Crippen LogP contribution in [0.2, 0.25) is 0 Å². The molecule has 0 saturated carbocycles. The van der Waals surface area contributed by atoms with Crippen molar-refractivity contribution in [3.05, 3.63) is 30.3 Å². The molecule has 2 nitrogen and oxygen atoms in total. The third-order valence-electron chi connectivity index (χ3n) is 1.10. The Balaban J connectivity index is 0.000000671. The normalized spacial score (nSPS) is 8.23. The molecule has 0 saturated heterocycles. The first kappa shape index (κ1) is 12.0. The molecule has 1 rings (SSSR count). The fraction of sp³-hybridized carbons (Fsp3) is 0.300. The minimum atomic E-state index is -0.492. The number of carbonyl (C=O) groups is 1. The Morgan fingerprint density at radius 3 is 2.31 bits per heavy atom. The molecule has 0 N–H and O–H groups in total. The Morgan fingerprint density at radius 1 is 1.31 bits per heavy atom. The van der Waals surface area contributed by atoms with Gasteiger partial charge in [-0.15, -0.1) is 0 Å². The second-order valence-corrected chi connectivity index (χ2v) is 2.38. The van der Waals surface area contributed by atoms with Gasteiger partial charge < -0.3 is 4.74 Å². The zero-order valence-electron chi connectivity index (χ0n) is 7.79. The fourth-order valence-electron chi connectivity index (χ4n) is 0.657. The van der Waals surface area contributed by atoms with Crippen LogP contribution in [-0.2, 0) is 4.79 Å². The van der Waals surface area contributed by atoms with Crippen molar-refractivity contribution in [1.29, 1.82) is 0 Å². The zero-order valence-corrected chi connectivity index (χ0v) is 8.54. The van der Waals surface area contributed by atoms with Crippen molar-refractivity contribution in [3.8, 4) is 5.75 Å². The van der Waals surface area contributed by atoms with Crippen LogP contribution in [0.1, 0.15) is 13.8 Å². The summed E-state index contributed by atoms with van der Waals surface area (Å²) in [6, 6.07) is 9.05. The molecule has 0 fully saturated rings. The number of carbonyl (C=O) groups excluding carboxylic acids is 1. The summed E-state index contributed by atoms with van der Waals surface area (Å²) in [4.78, 5) is 10.3. The van der Waals surface area contributed by atoms with E-state index in [9.17, 15) is 4.79 Å². The van der Waals surface area contributed by atoms with Crippen LogP contribution in [0.15, 0.2) is 30.3 Å². The highest BCUT2D eigenvalue weighted by Gasteiger charge is 1.95. The van der Waals surface area contributed by atoms with E-state index in [0.29, 0.717) is 5.75 Å². The molecule has 13 heavy (non-hydrogen) atoms. The predicted octanol–water partition coefficient (Wildman–Crippen LogP) is 2.86. The molecule has 1 aromatic carbocycles. The van der Waals surface area contributed by atoms with Crippen molar-refractivity contribution in [1.82, 2.24) is 0 Å². The SMILES string of the molecule is CC.O=C(Cl)COc1ccccc1. The van der Waals surface area contributed by atoms with Crippen LogP contribution >= 0.6 is 11.6 Å². The first-order valence-corrected chi connectivity index (χ1v) is 4.53. The van der Waals surface area contributed by atoms with E-state index in [-0.39, 0.29) is 6.61 Å². The van der Waals surface area contributed by atoms with Crippen molar-refractivity contribution < 1.29 is 9.53 Å². The van der Waals surface area contributed by atoms with Gasteiger partial charge in [-0.2, -0.15) is 0 Å². The van der Waals surface area contributed by atoms with Crippen molar-refractivity contribution in [2.24, 2.45) is 0 Å². The summed E-state index contributed by atoms with van der Waals surface area (Å²) in [6.45, 7) is 3.92. The summed E-state index contributed by atoms with van der Waals surface area (Å²) >= 11 is 5.06. The Kier molecular flexibility index (Phi) is 7.02. The number of ether oxygens (including phenoxy) is 1. The molecule has 0 bridgehead atoms. The number of benzene rings is 1. The van der Waals surface area contributed by atoms with Gasteiger partial charge in [0.15, 0.2) is 6.61 Å². The molecule has 0 spiro atoms. The zero-order chi connectivity index (χ0) is 10.1. The lowest BCUT2D eigenvalue weighted by atomic mass is 10.3. The van der Waals surface area contributed by atoms with Gasteiger partial charge in [0.2, 0.25) is 0 Å². The van der Waals surface area contributed by atoms with Gasteiger partial charge >= 0.3 is 0 Å². The average molecular weight is 201 g/mol. The van der Waals surface area contributed by atoms with Gasteiger partial charge in [0.1, 0.15) is 5.75 Å². The van der Waals surface area contributed by atoms with Crippen LogP contribution in [0.3, 0.4) is 0 Å². The monoisotopic (exact) mass is 200 g/mol. The van der Waals surface area contributed by atoms with Crippen LogP contribution in [0.5, 0.6) is 5.75 Å². The van der Waals surface area contributed by atoms with E-state index < -0.39 is 5.24 Å². The highest BCUT2D eigenvalue weighted by atomic mass is 35.5. The molecule has 0 aliphatic carbocycles. The molecule has 0 unspecified atom stereocenters. The van der Waals surface area contributed by atoms with Crippen LogP contribution in [0, 0.1) is 0 Å². The molecule has 3 heteroatoms. The predicted molar refractivity (Wildman–Crippen MR) is 54.1 cm³/mol. The van der Waals surface area contributed by atoms with Gasteiger partial charge in [-0.1, -0.05) is 32.0 Å². The maximum Gasteiger partial charge on any atom is 0.259 e. The van der Waals surface area contributed by atoms with Crippen LogP contribution in [0.4, 0.5) is 0 Å². The number of rotatable bonds is 3. The van der Waals surface area contributed by atoms with Gasteiger partial charge in [-0.25, -0.2) is 0 Å². The molecule has 1 aromatic rings.